The van der Waals surface area contributed by atoms with E-state index in [4.69, 9.17) is 27.9 Å². The van der Waals surface area contributed by atoms with Crippen LogP contribution in [0, 0.1) is 0 Å². The first kappa shape index (κ1) is 12.0. The smallest absolute Gasteiger partial charge is 0.137 e. The van der Waals surface area contributed by atoms with Gasteiger partial charge in [0.05, 0.1) is 12.1 Å². The van der Waals surface area contributed by atoms with Crippen LogP contribution in [0.15, 0.2) is 36.4 Å². The Labute approximate surface area is 109 Å². The van der Waals surface area contributed by atoms with E-state index in [-0.39, 0.29) is 0 Å². The molecule has 0 bridgehead atoms. The number of anilines is 2. The molecule has 0 atom stereocenters. The summed E-state index contributed by atoms with van der Waals surface area (Å²) in [6.07, 6.45) is 0. The molecule has 88 valence electrons. The van der Waals surface area contributed by atoms with Crippen molar-refractivity contribution in [1.82, 2.24) is 4.98 Å². The molecule has 0 saturated heterocycles. The second-order valence-corrected chi connectivity index (χ2v) is 4.11. The zero-order valence-corrected chi connectivity index (χ0v) is 10.6. The summed E-state index contributed by atoms with van der Waals surface area (Å²) >= 11 is 11.8. The van der Waals surface area contributed by atoms with Gasteiger partial charge in [-0.3, -0.25) is 0 Å². The van der Waals surface area contributed by atoms with Crippen LogP contribution in [0.4, 0.5) is 11.5 Å². The van der Waals surface area contributed by atoms with Gasteiger partial charge >= 0.3 is 0 Å². The highest BCUT2D eigenvalue weighted by atomic mass is 35.5. The Hall–Kier alpha value is -1.45. The van der Waals surface area contributed by atoms with Crippen LogP contribution < -0.4 is 10.1 Å². The molecule has 5 heteroatoms. The largest absolute Gasteiger partial charge is 0.495 e. The average molecular weight is 269 g/mol. The zero-order valence-electron chi connectivity index (χ0n) is 9.08. The summed E-state index contributed by atoms with van der Waals surface area (Å²) in [7, 11) is 1.58. The Kier molecular flexibility index (Phi) is 3.71. The third-order valence-corrected chi connectivity index (χ3v) is 2.65. The van der Waals surface area contributed by atoms with E-state index in [0.29, 0.717) is 21.7 Å². The molecule has 0 amide bonds. The van der Waals surface area contributed by atoms with Crippen molar-refractivity contribution in [3.8, 4) is 5.75 Å². The first-order valence-electron chi connectivity index (χ1n) is 4.92. The molecule has 17 heavy (non-hydrogen) atoms. The van der Waals surface area contributed by atoms with Gasteiger partial charge in [-0.1, -0.05) is 29.3 Å². The molecule has 1 aromatic heterocycles. The maximum Gasteiger partial charge on any atom is 0.137 e. The van der Waals surface area contributed by atoms with Crippen LogP contribution in [-0.2, 0) is 0 Å². The zero-order chi connectivity index (χ0) is 12.3. The van der Waals surface area contributed by atoms with Crippen molar-refractivity contribution >= 4 is 34.7 Å². The van der Waals surface area contributed by atoms with E-state index >= 15 is 0 Å². The van der Waals surface area contributed by atoms with Crippen molar-refractivity contribution in [3.05, 3.63) is 46.6 Å². The van der Waals surface area contributed by atoms with Crippen molar-refractivity contribution in [2.24, 2.45) is 0 Å². The van der Waals surface area contributed by atoms with Gasteiger partial charge in [0, 0.05) is 5.69 Å². The lowest BCUT2D eigenvalue weighted by Gasteiger charge is -2.08. The van der Waals surface area contributed by atoms with Crippen LogP contribution >= 0.6 is 23.2 Å². The van der Waals surface area contributed by atoms with E-state index in [0.717, 1.165) is 5.69 Å². The molecule has 2 rings (SSSR count). The Morgan fingerprint density at radius 1 is 1.18 bits per heavy atom. The lowest BCUT2D eigenvalue weighted by Crippen LogP contribution is -1.94. The maximum atomic E-state index is 6.02. The predicted octanol–water partition coefficient (Wildman–Crippen LogP) is 4.14. The van der Waals surface area contributed by atoms with Crippen molar-refractivity contribution in [2.45, 2.75) is 0 Å². The van der Waals surface area contributed by atoms with Crippen molar-refractivity contribution in [2.75, 3.05) is 12.4 Å². The van der Waals surface area contributed by atoms with Gasteiger partial charge in [-0.25, -0.2) is 4.98 Å². The van der Waals surface area contributed by atoms with Crippen molar-refractivity contribution in [3.63, 3.8) is 0 Å². The average Bonchev–Trinajstić information content (AvgIpc) is 2.29. The highest BCUT2D eigenvalue weighted by Gasteiger charge is 2.02. The lowest BCUT2D eigenvalue weighted by molar-refractivity contribution is 0.415. The molecule has 0 unspecified atom stereocenters. The predicted molar refractivity (Wildman–Crippen MR) is 70.5 cm³/mol. The number of hydrogen-bond donors (Lipinski definition) is 1. The Morgan fingerprint density at radius 3 is 2.65 bits per heavy atom. The van der Waals surface area contributed by atoms with Crippen molar-refractivity contribution < 1.29 is 4.74 Å². The molecule has 1 N–H and O–H groups in total. The first-order chi connectivity index (χ1) is 8.19. The van der Waals surface area contributed by atoms with Crippen LogP contribution in [0.2, 0.25) is 10.2 Å². The number of aromatic nitrogens is 1. The highest BCUT2D eigenvalue weighted by molar-refractivity contribution is 6.32. The molecule has 0 aliphatic carbocycles. The standard InChI is InChI=1S/C12H10Cl2N2O/c1-17-10-6-5-8(7-9(10)13)15-12-4-2-3-11(14)16-12/h2-7H,1H3,(H,15,16). The number of benzene rings is 1. The van der Waals surface area contributed by atoms with Gasteiger partial charge in [-0.15, -0.1) is 0 Å². The molecule has 3 nitrogen and oxygen atoms in total. The molecule has 0 aliphatic heterocycles. The summed E-state index contributed by atoms with van der Waals surface area (Å²) in [5.74, 6) is 1.30. The molecule has 0 spiro atoms. The van der Waals surface area contributed by atoms with E-state index in [1.807, 2.05) is 18.2 Å². The minimum absolute atomic E-state index is 0.439. The van der Waals surface area contributed by atoms with Gasteiger partial charge in [-0.2, -0.15) is 0 Å². The summed E-state index contributed by atoms with van der Waals surface area (Å²) in [6, 6.07) is 10.8. The van der Waals surface area contributed by atoms with E-state index in [2.05, 4.69) is 10.3 Å². The molecular weight excluding hydrogens is 259 g/mol. The number of rotatable bonds is 3. The van der Waals surface area contributed by atoms with Gasteiger partial charge < -0.3 is 10.1 Å². The topological polar surface area (TPSA) is 34.1 Å². The Bertz CT molecular complexity index is 532. The quantitative estimate of drug-likeness (QED) is 0.850. The summed E-state index contributed by atoms with van der Waals surface area (Å²) < 4.78 is 5.07. The lowest BCUT2D eigenvalue weighted by atomic mass is 10.3. The minimum Gasteiger partial charge on any atom is -0.495 e. The molecule has 0 radical (unpaired) electrons. The van der Waals surface area contributed by atoms with Crippen LogP contribution in [-0.4, -0.2) is 12.1 Å². The molecular formula is C12H10Cl2N2O. The van der Waals surface area contributed by atoms with E-state index in [1.165, 1.54) is 0 Å². The van der Waals surface area contributed by atoms with Crippen LogP contribution in [0.1, 0.15) is 0 Å². The summed E-state index contributed by atoms with van der Waals surface area (Å²) in [5.41, 5.74) is 0.825. The number of nitrogens with one attached hydrogen (secondary N) is 1. The number of hydrogen-bond acceptors (Lipinski definition) is 3. The van der Waals surface area contributed by atoms with Crippen LogP contribution in [0.25, 0.3) is 0 Å². The van der Waals surface area contributed by atoms with E-state index in [9.17, 15) is 0 Å². The maximum absolute atomic E-state index is 6.02. The second-order valence-electron chi connectivity index (χ2n) is 3.32. The monoisotopic (exact) mass is 268 g/mol. The van der Waals surface area contributed by atoms with Gasteiger partial charge in [-0.05, 0) is 30.3 Å². The molecule has 1 heterocycles. The van der Waals surface area contributed by atoms with E-state index < -0.39 is 0 Å². The van der Waals surface area contributed by atoms with E-state index in [1.54, 1.807) is 25.3 Å². The molecule has 2 aromatic rings. The van der Waals surface area contributed by atoms with Crippen LogP contribution in [0.5, 0.6) is 5.75 Å². The molecule has 1 aromatic carbocycles. The third kappa shape index (κ3) is 3.02. The molecule has 0 aliphatic rings. The number of halogens is 2. The SMILES string of the molecule is COc1ccc(Nc2cccc(Cl)n2)cc1Cl. The fourth-order valence-electron chi connectivity index (χ4n) is 1.37. The van der Waals surface area contributed by atoms with Gasteiger partial charge in [0.1, 0.15) is 16.7 Å². The fraction of sp³-hybridized carbons (Fsp3) is 0.0833. The van der Waals surface area contributed by atoms with Gasteiger partial charge in [0.2, 0.25) is 0 Å². The summed E-state index contributed by atoms with van der Waals surface area (Å²) in [4.78, 5) is 4.12. The first-order valence-corrected chi connectivity index (χ1v) is 5.68. The fourth-order valence-corrected chi connectivity index (χ4v) is 1.79. The van der Waals surface area contributed by atoms with Gasteiger partial charge in [0.15, 0.2) is 0 Å². The number of pyridine rings is 1. The van der Waals surface area contributed by atoms with Gasteiger partial charge in [0.25, 0.3) is 0 Å². The third-order valence-electron chi connectivity index (χ3n) is 2.14. The van der Waals surface area contributed by atoms with Crippen LogP contribution in [0.3, 0.4) is 0 Å². The normalized spacial score (nSPS) is 10.1. The summed E-state index contributed by atoms with van der Waals surface area (Å²) in [5, 5.41) is 4.08. The highest BCUT2D eigenvalue weighted by Crippen LogP contribution is 2.28. The number of nitrogens with zero attached hydrogens (tertiary/aromatic N) is 1. The minimum atomic E-state index is 0.439. The second kappa shape index (κ2) is 5.25. The van der Waals surface area contributed by atoms with Crippen molar-refractivity contribution in [1.29, 1.82) is 0 Å². The Morgan fingerprint density at radius 2 is 2.00 bits per heavy atom. The Balaban J connectivity index is 2.22. The number of ether oxygens (including phenoxy) is 1. The summed E-state index contributed by atoms with van der Waals surface area (Å²) in [6.45, 7) is 0. The molecule has 0 fully saturated rings. The molecule has 0 saturated carbocycles. The number of methoxy groups -OCH3 is 1.